The van der Waals surface area contributed by atoms with Gasteiger partial charge in [0.15, 0.2) is 0 Å². The number of nitrogens with one attached hydrogen (secondary N) is 1. The van der Waals surface area contributed by atoms with Gasteiger partial charge in [0.05, 0.1) is 0 Å². The highest BCUT2D eigenvalue weighted by atomic mass is 79.9. The molecule has 4 nitrogen and oxygen atoms in total. The molecule has 0 saturated carbocycles. The van der Waals surface area contributed by atoms with Crippen LogP contribution >= 0.6 is 15.9 Å². The van der Waals surface area contributed by atoms with Crippen LogP contribution in [0.2, 0.25) is 0 Å². The first kappa shape index (κ1) is 15.0. The number of carbonyl (C=O) groups is 2. The highest BCUT2D eigenvalue weighted by molar-refractivity contribution is 9.10. The van der Waals surface area contributed by atoms with Crippen LogP contribution in [0.25, 0.3) is 6.08 Å². The van der Waals surface area contributed by atoms with E-state index < -0.39 is 11.9 Å². The topological polar surface area (TPSA) is 66.4 Å². The monoisotopic (exact) mass is 345 g/mol. The van der Waals surface area contributed by atoms with Gasteiger partial charge in [-0.1, -0.05) is 46.3 Å². The molecular weight excluding hydrogens is 334 g/mol. The number of rotatable bonds is 4. The van der Waals surface area contributed by atoms with Crippen molar-refractivity contribution >= 4 is 33.9 Å². The highest BCUT2D eigenvalue weighted by Crippen LogP contribution is 2.14. The second kappa shape index (κ2) is 6.85. The zero-order chi connectivity index (χ0) is 15.2. The van der Waals surface area contributed by atoms with Gasteiger partial charge in [-0.2, -0.15) is 0 Å². The number of carbonyl (C=O) groups excluding carboxylic acids is 1. The Hall–Kier alpha value is -2.40. The third kappa shape index (κ3) is 4.29. The Labute approximate surface area is 130 Å². The molecule has 0 atom stereocenters. The van der Waals surface area contributed by atoms with Gasteiger partial charge in [-0.15, -0.1) is 0 Å². The van der Waals surface area contributed by atoms with E-state index in [4.69, 9.17) is 0 Å². The van der Waals surface area contributed by atoms with E-state index in [1.807, 2.05) is 6.07 Å². The molecule has 0 radical (unpaired) electrons. The van der Waals surface area contributed by atoms with Gasteiger partial charge in [-0.3, -0.25) is 4.79 Å². The summed E-state index contributed by atoms with van der Waals surface area (Å²) in [6.45, 7) is 0. The molecule has 2 rings (SSSR count). The van der Waals surface area contributed by atoms with Crippen molar-refractivity contribution in [3.63, 3.8) is 0 Å². The molecule has 1 amide bonds. The number of halogens is 1. The van der Waals surface area contributed by atoms with Gasteiger partial charge >= 0.3 is 5.97 Å². The molecule has 0 aliphatic heterocycles. The first-order chi connectivity index (χ1) is 10.1. The standard InChI is InChI=1S/C16H12BrNO3/c17-13-8-4-5-11(9-13)10-14(16(20)21)18-15(19)12-6-2-1-3-7-12/h1-10H,(H,18,19)(H,20,21)/b14-10+. The lowest BCUT2D eigenvalue weighted by atomic mass is 10.1. The summed E-state index contributed by atoms with van der Waals surface area (Å²) in [5, 5.41) is 11.6. The Morgan fingerprint density at radius 2 is 1.76 bits per heavy atom. The molecule has 0 heterocycles. The van der Waals surface area contributed by atoms with Crippen LogP contribution in [0.5, 0.6) is 0 Å². The Balaban J connectivity index is 2.24. The van der Waals surface area contributed by atoms with E-state index in [1.54, 1.807) is 48.5 Å². The zero-order valence-corrected chi connectivity index (χ0v) is 12.5. The van der Waals surface area contributed by atoms with Gasteiger partial charge in [0.25, 0.3) is 5.91 Å². The van der Waals surface area contributed by atoms with Crippen molar-refractivity contribution in [3.05, 3.63) is 75.9 Å². The van der Waals surface area contributed by atoms with E-state index in [0.717, 1.165) is 4.47 Å². The largest absolute Gasteiger partial charge is 0.477 e. The molecule has 0 saturated heterocycles. The SMILES string of the molecule is O=C(O)/C(=C\c1cccc(Br)c1)NC(=O)c1ccccc1. The summed E-state index contributed by atoms with van der Waals surface area (Å²) >= 11 is 3.31. The summed E-state index contributed by atoms with van der Waals surface area (Å²) < 4.78 is 0.829. The summed E-state index contributed by atoms with van der Waals surface area (Å²) in [6.07, 6.45) is 1.41. The van der Waals surface area contributed by atoms with Crippen molar-refractivity contribution in [2.45, 2.75) is 0 Å². The van der Waals surface area contributed by atoms with Gasteiger partial charge in [0.1, 0.15) is 5.70 Å². The fourth-order valence-electron chi connectivity index (χ4n) is 1.70. The van der Waals surface area contributed by atoms with Gasteiger partial charge in [-0.25, -0.2) is 4.79 Å². The van der Waals surface area contributed by atoms with Crippen LogP contribution in [0.4, 0.5) is 0 Å². The first-order valence-electron chi connectivity index (χ1n) is 6.13. The summed E-state index contributed by atoms with van der Waals surface area (Å²) in [5.41, 5.74) is 0.899. The quantitative estimate of drug-likeness (QED) is 0.835. The Morgan fingerprint density at radius 1 is 1.05 bits per heavy atom. The smallest absolute Gasteiger partial charge is 0.352 e. The third-order valence-corrected chi connectivity index (χ3v) is 3.17. The minimum absolute atomic E-state index is 0.179. The fourth-order valence-corrected chi connectivity index (χ4v) is 2.12. The predicted molar refractivity (Wildman–Crippen MR) is 83.7 cm³/mol. The molecule has 0 fully saturated rings. The molecule has 2 N–H and O–H groups in total. The zero-order valence-electron chi connectivity index (χ0n) is 10.9. The molecule has 2 aromatic carbocycles. The van der Waals surface area contributed by atoms with Crippen molar-refractivity contribution in [1.82, 2.24) is 5.32 Å². The number of carboxylic acids is 1. The van der Waals surface area contributed by atoms with Crippen molar-refractivity contribution in [2.24, 2.45) is 0 Å². The van der Waals surface area contributed by atoms with E-state index in [0.29, 0.717) is 11.1 Å². The minimum Gasteiger partial charge on any atom is -0.477 e. The summed E-state index contributed by atoms with van der Waals surface area (Å²) in [5.74, 6) is -1.65. The molecular formula is C16H12BrNO3. The van der Waals surface area contributed by atoms with E-state index in [1.165, 1.54) is 6.08 Å². The number of carboxylic acid groups (broad SMARTS) is 1. The molecule has 21 heavy (non-hydrogen) atoms. The number of aliphatic carboxylic acids is 1. The van der Waals surface area contributed by atoms with Crippen LogP contribution in [0.3, 0.4) is 0 Å². The first-order valence-corrected chi connectivity index (χ1v) is 6.92. The summed E-state index contributed by atoms with van der Waals surface area (Å²) in [6, 6.07) is 15.6. The van der Waals surface area contributed by atoms with Crippen LogP contribution in [-0.4, -0.2) is 17.0 Å². The van der Waals surface area contributed by atoms with Crippen LogP contribution < -0.4 is 5.32 Å². The maximum Gasteiger partial charge on any atom is 0.352 e. The molecule has 5 heteroatoms. The van der Waals surface area contributed by atoms with E-state index >= 15 is 0 Å². The average molecular weight is 346 g/mol. The molecule has 2 aromatic rings. The van der Waals surface area contributed by atoms with E-state index in [9.17, 15) is 14.7 Å². The van der Waals surface area contributed by atoms with Crippen molar-refractivity contribution in [2.75, 3.05) is 0 Å². The predicted octanol–water partition coefficient (Wildman–Crippen LogP) is 3.30. The average Bonchev–Trinajstić information content (AvgIpc) is 2.47. The van der Waals surface area contributed by atoms with Crippen molar-refractivity contribution < 1.29 is 14.7 Å². The molecule has 0 aromatic heterocycles. The van der Waals surface area contributed by atoms with Crippen LogP contribution in [0, 0.1) is 0 Å². The molecule has 106 valence electrons. The van der Waals surface area contributed by atoms with Crippen LogP contribution in [-0.2, 0) is 4.79 Å². The minimum atomic E-state index is -1.20. The lowest BCUT2D eigenvalue weighted by Gasteiger charge is -2.06. The van der Waals surface area contributed by atoms with Gasteiger partial charge in [-0.05, 0) is 35.9 Å². The molecule has 0 spiro atoms. The maximum absolute atomic E-state index is 12.0. The molecule has 0 aliphatic rings. The lowest BCUT2D eigenvalue weighted by molar-refractivity contribution is -0.132. The highest BCUT2D eigenvalue weighted by Gasteiger charge is 2.13. The molecule has 0 bridgehead atoms. The van der Waals surface area contributed by atoms with E-state index in [-0.39, 0.29) is 5.70 Å². The number of hydrogen-bond donors (Lipinski definition) is 2. The summed E-state index contributed by atoms with van der Waals surface area (Å²) in [7, 11) is 0. The Kier molecular flexibility index (Phi) is 4.90. The third-order valence-electron chi connectivity index (χ3n) is 2.67. The van der Waals surface area contributed by atoms with Gasteiger partial charge in [0.2, 0.25) is 0 Å². The number of amides is 1. The van der Waals surface area contributed by atoms with Gasteiger partial charge < -0.3 is 10.4 Å². The second-order valence-corrected chi connectivity index (χ2v) is 5.15. The number of benzene rings is 2. The summed E-state index contributed by atoms with van der Waals surface area (Å²) in [4.78, 5) is 23.3. The number of hydrogen-bond acceptors (Lipinski definition) is 2. The van der Waals surface area contributed by atoms with Crippen molar-refractivity contribution in [3.8, 4) is 0 Å². The fraction of sp³-hybridized carbons (Fsp3) is 0. The Morgan fingerprint density at radius 3 is 2.38 bits per heavy atom. The lowest BCUT2D eigenvalue weighted by Crippen LogP contribution is -2.27. The van der Waals surface area contributed by atoms with Crippen LogP contribution in [0.1, 0.15) is 15.9 Å². The Bertz CT molecular complexity index is 696. The normalized spacial score (nSPS) is 11.0. The molecule has 0 aliphatic carbocycles. The molecule has 0 unspecified atom stereocenters. The van der Waals surface area contributed by atoms with Crippen molar-refractivity contribution in [1.29, 1.82) is 0 Å². The van der Waals surface area contributed by atoms with Gasteiger partial charge in [0, 0.05) is 10.0 Å². The van der Waals surface area contributed by atoms with Crippen LogP contribution in [0.15, 0.2) is 64.8 Å². The second-order valence-electron chi connectivity index (χ2n) is 4.24. The van der Waals surface area contributed by atoms with E-state index in [2.05, 4.69) is 21.2 Å². The maximum atomic E-state index is 12.0.